The van der Waals surface area contributed by atoms with Crippen LogP contribution in [0.15, 0.2) is 33.9 Å². The molecule has 2 bridgehead atoms. The molecule has 2 aromatic rings. The number of fused-ring (bicyclic) bond motifs is 5. The zero-order chi connectivity index (χ0) is 23.1. The quantitative estimate of drug-likeness (QED) is 0.720. The van der Waals surface area contributed by atoms with Gasteiger partial charge in [-0.3, -0.25) is 14.4 Å². The fourth-order valence-electron chi connectivity index (χ4n) is 6.05. The summed E-state index contributed by atoms with van der Waals surface area (Å²) >= 11 is 1.59. The van der Waals surface area contributed by atoms with Gasteiger partial charge in [0, 0.05) is 32.1 Å². The number of carbonyl (C=O) groups excluding carboxylic acids is 2. The van der Waals surface area contributed by atoms with Crippen molar-refractivity contribution in [2.75, 3.05) is 31.6 Å². The molecule has 8 nitrogen and oxygen atoms in total. The molecule has 0 saturated carbocycles. The van der Waals surface area contributed by atoms with Crippen molar-refractivity contribution in [2.24, 2.45) is 11.8 Å². The largest absolute Gasteiger partial charge is 0.340 e. The Balaban J connectivity index is 1.47. The summed E-state index contributed by atoms with van der Waals surface area (Å²) < 4.78 is 1.13. The lowest BCUT2D eigenvalue weighted by molar-refractivity contribution is -0.150. The van der Waals surface area contributed by atoms with E-state index in [9.17, 15) is 19.2 Å². The molecular formula is C24H30N4O4S. The van der Waals surface area contributed by atoms with Crippen LogP contribution in [0.2, 0.25) is 0 Å². The number of hydrogen-bond acceptors (Lipinski definition) is 5. The van der Waals surface area contributed by atoms with Gasteiger partial charge >= 0.3 is 5.69 Å². The molecule has 1 aromatic carbocycles. The lowest BCUT2D eigenvalue weighted by atomic mass is 9.76. The molecule has 3 aliphatic heterocycles. The van der Waals surface area contributed by atoms with Gasteiger partial charge in [-0.2, -0.15) is 11.8 Å². The molecule has 1 N–H and O–H groups in total. The Hall–Kier alpha value is -2.55. The van der Waals surface area contributed by atoms with Gasteiger partial charge in [0.05, 0.1) is 10.9 Å². The van der Waals surface area contributed by atoms with Crippen molar-refractivity contribution >= 4 is 34.5 Å². The minimum absolute atomic E-state index is 0.155. The summed E-state index contributed by atoms with van der Waals surface area (Å²) in [6, 6.07) is 6.28. The van der Waals surface area contributed by atoms with Crippen molar-refractivity contribution in [1.82, 2.24) is 19.4 Å². The number of aromatic amines is 1. The number of rotatable bonds is 5. The van der Waals surface area contributed by atoms with Gasteiger partial charge in [0.15, 0.2) is 0 Å². The van der Waals surface area contributed by atoms with Gasteiger partial charge in [0.2, 0.25) is 11.8 Å². The van der Waals surface area contributed by atoms with Crippen molar-refractivity contribution in [1.29, 1.82) is 0 Å². The van der Waals surface area contributed by atoms with Crippen LogP contribution in [0, 0.1) is 11.8 Å². The number of para-hydroxylation sites is 1. The van der Waals surface area contributed by atoms with Crippen molar-refractivity contribution in [2.45, 2.75) is 44.2 Å². The molecular weight excluding hydrogens is 440 g/mol. The second kappa shape index (κ2) is 9.00. The van der Waals surface area contributed by atoms with Crippen molar-refractivity contribution < 1.29 is 9.59 Å². The third-order valence-corrected chi connectivity index (χ3v) is 8.16. The monoisotopic (exact) mass is 470 g/mol. The van der Waals surface area contributed by atoms with Gasteiger partial charge in [0.1, 0.15) is 6.04 Å². The number of H-pyrrole nitrogens is 1. The molecule has 3 fully saturated rings. The van der Waals surface area contributed by atoms with E-state index in [1.54, 1.807) is 36.0 Å². The second-order valence-corrected chi connectivity index (χ2v) is 10.5. The van der Waals surface area contributed by atoms with E-state index in [-0.39, 0.29) is 29.7 Å². The van der Waals surface area contributed by atoms with Crippen LogP contribution >= 0.6 is 11.8 Å². The molecule has 1 aromatic heterocycles. The smallest absolute Gasteiger partial charge is 0.329 e. The molecule has 2 amide bonds. The minimum Gasteiger partial charge on any atom is -0.340 e. The average molecular weight is 471 g/mol. The first-order valence-corrected chi connectivity index (χ1v) is 13.2. The van der Waals surface area contributed by atoms with Crippen LogP contribution in [0.3, 0.4) is 0 Å². The highest BCUT2D eigenvalue weighted by molar-refractivity contribution is 7.98. The van der Waals surface area contributed by atoms with Gasteiger partial charge in [-0.15, -0.1) is 0 Å². The topological polar surface area (TPSA) is 95.5 Å². The van der Waals surface area contributed by atoms with E-state index in [4.69, 9.17) is 0 Å². The molecule has 176 valence electrons. The number of thioether (sulfide) groups is 1. The van der Waals surface area contributed by atoms with Crippen LogP contribution in [-0.4, -0.2) is 68.8 Å². The second-order valence-electron chi connectivity index (χ2n) is 9.56. The Bertz CT molecular complexity index is 1190. The molecule has 4 heterocycles. The van der Waals surface area contributed by atoms with E-state index in [0.717, 1.165) is 23.8 Å². The Morgan fingerprint density at radius 1 is 1.18 bits per heavy atom. The van der Waals surface area contributed by atoms with Crippen LogP contribution in [0.5, 0.6) is 0 Å². The SMILES string of the molecule is CSCC[C@@H](C(=O)N1CC2CC(C1)C1CCCC(=O)N1C2)n1c(=O)[nH]c2ccccc2c1=O. The molecule has 33 heavy (non-hydrogen) atoms. The van der Waals surface area contributed by atoms with Crippen LogP contribution in [0.4, 0.5) is 0 Å². The Morgan fingerprint density at radius 3 is 2.82 bits per heavy atom. The summed E-state index contributed by atoms with van der Waals surface area (Å²) in [5.74, 6) is 1.27. The number of likely N-dealkylation sites (tertiary alicyclic amines) is 1. The fourth-order valence-corrected chi connectivity index (χ4v) is 6.51. The van der Waals surface area contributed by atoms with Crippen molar-refractivity contribution in [3.63, 3.8) is 0 Å². The predicted molar refractivity (Wildman–Crippen MR) is 128 cm³/mol. The zero-order valence-electron chi connectivity index (χ0n) is 18.9. The number of nitrogens with one attached hydrogen (secondary N) is 1. The Morgan fingerprint density at radius 2 is 2.00 bits per heavy atom. The highest BCUT2D eigenvalue weighted by Gasteiger charge is 2.45. The first-order valence-electron chi connectivity index (χ1n) is 11.8. The van der Waals surface area contributed by atoms with E-state index in [1.165, 1.54) is 0 Å². The maximum absolute atomic E-state index is 13.8. The molecule has 3 saturated heterocycles. The van der Waals surface area contributed by atoms with Crippen molar-refractivity contribution in [3.05, 3.63) is 45.1 Å². The molecule has 3 unspecified atom stereocenters. The molecule has 0 spiro atoms. The summed E-state index contributed by atoms with van der Waals surface area (Å²) in [7, 11) is 0. The fraction of sp³-hybridized carbons (Fsp3) is 0.583. The van der Waals surface area contributed by atoms with Gasteiger partial charge in [0.25, 0.3) is 5.56 Å². The molecule has 0 aliphatic carbocycles. The predicted octanol–water partition coefficient (Wildman–Crippen LogP) is 1.84. The summed E-state index contributed by atoms with van der Waals surface area (Å²) in [5, 5.41) is 0.408. The first kappa shape index (κ1) is 22.3. The summed E-state index contributed by atoms with van der Waals surface area (Å²) in [6.45, 7) is 1.86. The van der Waals surface area contributed by atoms with Gasteiger partial charge in [-0.25, -0.2) is 9.36 Å². The van der Waals surface area contributed by atoms with E-state index >= 15 is 0 Å². The Labute approximate surface area is 196 Å². The number of aromatic nitrogens is 2. The van der Waals surface area contributed by atoms with Gasteiger partial charge < -0.3 is 14.8 Å². The standard InChI is InChI=1S/C24H30N4O4S/c1-33-10-9-20(28-22(30)17-5-2-3-6-18(17)25-24(28)32)23(31)26-12-15-11-16(14-26)19-7-4-8-21(29)27(19)13-15/h2-3,5-6,15-16,19-20H,4,7-14H2,1H3,(H,25,32)/t15?,16?,19?,20-/m0/s1. The highest BCUT2D eigenvalue weighted by Crippen LogP contribution is 2.38. The first-order chi connectivity index (χ1) is 16.0. The summed E-state index contributed by atoms with van der Waals surface area (Å²) in [6.07, 6.45) is 5.93. The summed E-state index contributed by atoms with van der Waals surface area (Å²) in [4.78, 5) is 59.2. The zero-order valence-corrected chi connectivity index (χ0v) is 19.7. The van der Waals surface area contributed by atoms with E-state index in [2.05, 4.69) is 4.98 Å². The maximum Gasteiger partial charge on any atom is 0.329 e. The van der Waals surface area contributed by atoms with Crippen molar-refractivity contribution in [3.8, 4) is 0 Å². The van der Waals surface area contributed by atoms with E-state index in [1.807, 2.05) is 16.1 Å². The number of carbonyl (C=O) groups is 2. The van der Waals surface area contributed by atoms with Gasteiger partial charge in [-0.05, 0) is 61.7 Å². The van der Waals surface area contributed by atoms with Crippen LogP contribution in [-0.2, 0) is 9.59 Å². The van der Waals surface area contributed by atoms with Crippen LogP contribution < -0.4 is 11.2 Å². The molecule has 3 aliphatic rings. The average Bonchev–Trinajstić information content (AvgIpc) is 2.81. The molecule has 0 radical (unpaired) electrons. The summed E-state index contributed by atoms with van der Waals surface area (Å²) in [5.41, 5.74) is -0.483. The van der Waals surface area contributed by atoms with Crippen LogP contribution in [0.1, 0.15) is 38.1 Å². The number of hydrogen-bond donors (Lipinski definition) is 1. The van der Waals surface area contributed by atoms with E-state index < -0.39 is 17.3 Å². The van der Waals surface area contributed by atoms with E-state index in [0.29, 0.717) is 49.1 Å². The number of nitrogens with zero attached hydrogens (tertiary/aromatic N) is 3. The number of benzene rings is 1. The lowest BCUT2D eigenvalue weighted by Crippen LogP contribution is -2.62. The van der Waals surface area contributed by atoms with Gasteiger partial charge in [-0.1, -0.05) is 12.1 Å². The lowest BCUT2D eigenvalue weighted by Gasteiger charge is -2.52. The number of piperidine rings is 3. The molecule has 4 atom stereocenters. The van der Waals surface area contributed by atoms with Crippen LogP contribution in [0.25, 0.3) is 10.9 Å². The highest BCUT2D eigenvalue weighted by atomic mass is 32.2. The normalized spacial score (nSPS) is 25.7. The maximum atomic E-state index is 13.8. The molecule has 5 rings (SSSR count). The Kier molecular flexibility index (Phi) is 6.07. The third kappa shape index (κ3) is 4.00. The number of amides is 2. The minimum atomic E-state index is -0.832. The molecule has 9 heteroatoms. The third-order valence-electron chi connectivity index (χ3n) is 7.52.